The van der Waals surface area contributed by atoms with Crippen molar-refractivity contribution in [3.63, 3.8) is 0 Å². The lowest BCUT2D eigenvalue weighted by Gasteiger charge is -2.37. The average Bonchev–Trinajstić information content (AvgIpc) is 3.09. The highest BCUT2D eigenvalue weighted by Crippen LogP contribution is 2.34. The zero-order valence-electron chi connectivity index (χ0n) is 18.7. The van der Waals surface area contributed by atoms with Gasteiger partial charge in [-0.2, -0.15) is 5.10 Å². The molecule has 0 radical (unpaired) electrons. The summed E-state index contributed by atoms with van der Waals surface area (Å²) in [4.78, 5) is 22.0. The van der Waals surface area contributed by atoms with E-state index < -0.39 is 5.60 Å². The van der Waals surface area contributed by atoms with Crippen LogP contribution in [0.2, 0.25) is 0 Å². The number of hydrogen-bond donors (Lipinski definition) is 1. The first-order valence-electron chi connectivity index (χ1n) is 10.7. The third-order valence-corrected chi connectivity index (χ3v) is 6.58. The Balaban J connectivity index is 1.64. The Morgan fingerprint density at radius 3 is 2.68 bits per heavy atom. The molecule has 2 aromatic heterocycles. The monoisotopic (exact) mass is 447 g/mol. The minimum atomic E-state index is -1.00. The summed E-state index contributed by atoms with van der Waals surface area (Å²) in [5, 5.41) is 15.0. The highest BCUT2D eigenvalue weighted by molar-refractivity contribution is 6.07. The number of pyridine rings is 1. The first-order chi connectivity index (χ1) is 14.6. The van der Waals surface area contributed by atoms with E-state index in [9.17, 15) is 9.90 Å². The first kappa shape index (κ1) is 22.2. The van der Waals surface area contributed by atoms with Crippen molar-refractivity contribution in [2.45, 2.75) is 71.3 Å². The smallest absolute Gasteiger partial charge is 0.273 e. The molecular weight excluding hydrogens is 418 g/mol. The lowest BCUT2D eigenvalue weighted by atomic mass is 9.97. The zero-order chi connectivity index (χ0) is 22.5. The van der Waals surface area contributed by atoms with E-state index in [1.54, 1.807) is 20.0 Å². The van der Waals surface area contributed by atoms with E-state index >= 15 is 0 Å². The minimum absolute atomic E-state index is 0.0211. The fourth-order valence-corrected chi connectivity index (χ4v) is 4.63. The van der Waals surface area contributed by atoms with Crippen LogP contribution in [0.4, 0.5) is 0 Å². The predicted octanol–water partition coefficient (Wildman–Crippen LogP) is 3.16. The predicted molar refractivity (Wildman–Crippen MR) is 116 cm³/mol. The second kappa shape index (κ2) is 8.16. The van der Waals surface area contributed by atoms with Crippen molar-refractivity contribution < 1.29 is 14.2 Å². The summed E-state index contributed by atoms with van der Waals surface area (Å²) in [7, 11) is 0. The van der Waals surface area contributed by atoms with Crippen molar-refractivity contribution in [2.75, 3.05) is 13.3 Å². The number of hydrogen-bond acceptors (Lipinski definition) is 6. The van der Waals surface area contributed by atoms with Gasteiger partial charge in [0.1, 0.15) is 18.0 Å². The molecule has 1 N–H and O–H groups in total. The molecule has 2 aliphatic heterocycles. The Morgan fingerprint density at radius 2 is 2.06 bits per heavy atom. The normalized spacial score (nSPS) is 22.9. The molecule has 0 spiro atoms. The summed E-state index contributed by atoms with van der Waals surface area (Å²) < 4.78 is 6.73. The lowest BCUT2D eigenvalue weighted by Crippen LogP contribution is -2.45. The van der Waals surface area contributed by atoms with E-state index in [1.165, 1.54) is 0 Å². The van der Waals surface area contributed by atoms with Crippen molar-refractivity contribution >= 4 is 17.8 Å². The van der Waals surface area contributed by atoms with Gasteiger partial charge in [-0.25, -0.2) is 0 Å². The molecule has 3 atom stereocenters. The van der Waals surface area contributed by atoms with Crippen molar-refractivity contribution in [1.82, 2.24) is 24.6 Å². The molecular formula is C22H30ClN5O3. The van der Waals surface area contributed by atoms with E-state index in [-0.39, 0.29) is 24.0 Å². The van der Waals surface area contributed by atoms with E-state index in [0.29, 0.717) is 31.2 Å². The number of fused-ring (bicyclic) bond motifs is 3. The van der Waals surface area contributed by atoms with Crippen LogP contribution in [-0.2, 0) is 22.9 Å². The van der Waals surface area contributed by atoms with Crippen LogP contribution < -0.4 is 0 Å². The van der Waals surface area contributed by atoms with Gasteiger partial charge in [0, 0.05) is 37.3 Å². The number of nitrogens with zero attached hydrogens (tertiary/aromatic N) is 5. The van der Waals surface area contributed by atoms with Crippen LogP contribution in [0.1, 0.15) is 79.7 Å². The van der Waals surface area contributed by atoms with Crippen LogP contribution in [0.5, 0.6) is 0 Å². The molecule has 0 bridgehead atoms. The summed E-state index contributed by atoms with van der Waals surface area (Å²) in [6.45, 7) is 11.1. The minimum Gasteiger partial charge on any atom is -0.384 e. The Labute approximate surface area is 187 Å². The molecule has 2 aliphatic rings. The Bertz CT molecular complexity index is 969. The quantitative estimate of drug-likeness (QED) is 0.758. The molecule has 4 heterocycles. The third kappa shape index (κ3) is 3.98. The van der Waals surface area contributed by atoms with Crippen molar-refractivity contribution in [3.8, 4) is 0 Å². The number of aromatic nitrogens is 3. The summed E-state index contributed by atoms with van der Waals surface area (Å²) >= 11 is 5.51. The number of aliphatic hydroxyl groups is 1. The van der Waals surface area contributed by atoms with E-state index in [0.717, 1.165) is 23.2 Å². The maximum atomic E-state index is 13.6. The molecule has 0 aliphatic carbocycles. The van der Waals surface area contributed by atoms with Crippen molar-refractivity contribution in [1.29, 1.82) is 0 Å². The van der Waals surface area contributed by atoms with Crippen LogP contribution in [0.15, 0.2) is 18.3 Å². The Kier molecular flexibility index (Phi) is 5.85. The molecule has 4 rings (SSSR count). The van der Waals surface area contributed by atoms with Crippen LogP contribution in [-0.4, -0.2) is 54.9 Å². The molecule has 0 saturated carbocycles. The SMILES string of the molecule is CC(c1ccc(C(C)(C)O)nc1)N1C[C@@H](C)n2nc3c(c2C1=O)CN(COCl)[C@H](C)C3. The molecule has 2 aromatic rings. The van der Waals surface area contributed by atoms with Gasteiger partial charge in [0.25, 0.3) is 5.91 Å². The molecule has 168 valence electrons. The van der Waals surface area contributed by atoms with E-state index in [2.05, 4.69) is 23.7 Å². The maximum Gasteiger partial charge on any atom is 0.273 e. The van der Waals surface area contributed by atoms with E-state index in [4.69, 9.17) is 21.3 Å². The lowest BCUT2D eigenvalue weighted by molar-refractivity contribution is 0.0573. The average molecular weight is 448 g/mol. The maximum absolute atomic E-state index is 13.6. The fourth-order valence-electron chi connectivity index (χ4n) is 4.50. The van der Waals surface area contributed by atoms with Gasteiger partial charge in [0.2, 0.25) is 0 Å². The van der Waals surface area contributed by atoms with Crippen LogP contribution >= 0.6 is 11.9 Å². The van der Waals surface area contributed by atoms with Crippen molar-refractivity contribution in [2.24, 2.45) is 0 Å². The number of halogens is 1. The van der Waals surface area contributed by atoms with Crippen LogP contribution in [0, 0.1) is 0 Å². The summed E-state index contributed by atoms with van der Waals surface area (Å²) in [6.07, 6.45) is 2.51. The van der Waals surface area contributed by atoms with Gasteiger partial charge < -0.3 is 10.0 Å². The standard InChI is InChI=1S/C22H30ClN5O3/c1-13-8-18-17(11-26(13)12-31-23)20-21(29)27(10-14(2)28(20)25-18)15(3)16-6-7-19(24-9-16)22(4,5)30/h6-7,9,13-15,30H,8,10-12H2,1-5H3/t13-,14-,15?/m1/s1. The highest BCUT2D eigenvalue weighted by Gasteiger charge is 2.39. The molecule has 9 heteroatoms. The second-order valence-corrected chi connectivity index (χ2v) is 9.49. The summed E-state index contributed by atoms with van der Waals surface area (Å²) in [5.41, 5.74) is 3.15. The van der Waals surface area contributed by atoms with Crippen LogP contribution in [0.25, 0.3) is 0 Å². The number of rotatable bonds is 5. The molecule has 0 aromatic carbocycles. The van der Waals surface area contributed by atoms with Gasteiger partial charge in [-0.3, -0.25) is 23.6 Å². The van der Waals surface area contributed by atoms with Crippen LogP contribution in [0.3, 0.4) is 0 Å². The fraction of sp³-hybridized carbons (Fsp3) is 0.591. The molecule has 0 fully saturated rings. The summed E-state index contributed by atoms with van der Waals surface area (Å²) in [5.74, 6) is -0.0211. The highest BCUT2D eigenvalue weighted by atomic mass is 35.5. The Morgan fingerprint density at radius 1 is 1.32 bits per heavy atom. The van der Waals surface area contributed by atoms with Gasteiger partial charge in [-0.05, 0) is 46.2 Å². The van der Waals surface area contributed by atoms with Gasteiger partial charge >= 0.3 is 0 Å². The third-order valence-electron chi connectivity index (χ3n) is 6.48. The van der Waals surface area contributed by atoms with E-state index in [1.807, 2.05) is 28.6 Å². The summed E-state index contributed by atoms with van der Waals surface area (Å²) in [6, 6.07) is 3.91. The Hall–Kier alpha value is -2.00. The van der Waals surface area contributed by atoms with Gasteiger partial charge in [0.15, 0.2) is 0 Å². The van der Waals surface area contributed by atoms with Crippen molar-refractivity contribution in [3.05, 3.63) is 46.5 Å². The molecule has 1 unspecified atom stereocenters. The largest absolute Gasteiger partial charge is 0.384 e. The number of carbonyl (C=O) groups excluding carboxylic acids is 1. The number of amides is 1. The zero-order valence-corrected chi connectivity index (χ0v) is 19.4. The topological polar surface area (TPSA) is 83.7 Å². The molecule has 8 nitrogen and oxygen atoms in total. The van der Waals surface area contributed by atoms with Gasteiger partial charge in [0.05, 0.1) is 35.3 Å². The molecule has 1 amide bonds. The van der Waals surface area contributed by atoms with Gasteiger partial charge in [-0.1, -0.05) is 6.07 Å². The number of carbonyl (C=O) groups is 1. The first-order valence-corrected chi connectivity index (χ1v) is 11.0. The second-order valence-electron chi connectivity index (χ2n) is 9.27. The van der Waals surface area contributed by atoms with Gasteiger partial charge in [-0.15, -0.1) is 0 Å². The molecule has 0 saturated heterocycles. The molecule has 31 heavy (non-hydrogen) atoms.